The summed E-state index contributed by atoms with van der Waals surface area (Å²) in [5.74, 6) is 0. The summed E-state index contributed by atoms with van der Waals surface area (Å²) in [5.41, 5.74) is 0. The van der Waals surface area contributed by atoms with Crippen LogP contribution in [0.3, 0.4) is 0 Å². The van der Waals surface area contributed by atoms with Crippen molar-refractivity contribution in [2.45, 2.75) is 49.8 Å². The third kappa shape index (κ3) is 7.47. The fourth-order valence-electron chi connectivity index (χ4n) is 1.96. The van der Waals surface area contributed by atoms with Gasteiger partial charge in [0.15, 0.2) is 0 Å². The molecule has 1 aromatic carbocycles. The van der Waals surface area contributed by atoms with Gasteiger partial charge >= 0.3 is 0 Å². The Morgan fingerprint density at radius 1 is 1.10 bits per heavy atom. The normalized spacial score (nSPS) is 11.2. The zero-order valence-corrected chi connectivity index (χ0v) is 13.6. The maximum absolute atomic E-state index is 12.0. The van der Waals surface area contributed by atoms with Crippen LogP contribution in [0.25, 0.3) is 0 Å². The quantitative estimate of drug-likeness (QED) is 0.663. The Bertz CT molecular complexity index is 567. The Kier molecular flexibility index (Phi) is 8.36. The SMILES string of the molecule is N#CCCCCCCCCNS(=O)(=O)c1cccc(Cl)c1. The fraction of sp³-hybridized carbons (Fsp3) is 0.533. The van der Waals surface area contributed by atoms with E-state index >= 15 is 0 Å². The molecule has 0 bridgehead atoms. The first kappa shape index (κ1) is 18.0. The number of nitriles is 1. The minimum absolute atomic E-state index is 0.200. The lowest BCUT2D eigenvalue weighted by atomic mass is 10.1. The number of unbranched alkanes of at least 4 members (excludes halogenated alkanes) is 6. The summed E-state index contributed by atoms with van der Waals surface area (Å²) in [5, 5.41) is 8.82. The zero-order chi connectivity index (χ0) is 15.6. The van der Waals surface area contributed by atoms with Gasteiger partial charge in [0, 0.05) is 18.0 Å². The molecule has 0 saturated heterocycles. The Labute approximate surface area is 132 Å². The number of nitrogens with one attached hydrogen (secondary N) is 1. The highest BCUT2D eigenvalue weighted by Gasteiger charge is 2.12. The van der Waals surface area contributed by atoms with Crippen LogP contribution in [0, 0.1) is 11.3 Å². The maximum Gasteiger partial charge on any atom is 0.240 e. The van der Waals surface area contributed by atoms with Crippen LogP contribution in [0.2, 0.25) is 5.02 Å². The van der Waals surface area contributed by atoms with Gasteiger partial charge in [-0.2, -0.15) is 5.26 Å². The first-order chi connectivity index (χ1) is 10.1. The van der Waals surface area contributed by atoms with Crippen LogP contribution in [0.1, 0.15) is 44.9 Å². The summed E-state index contributed by atoms with van der Waals surface area (Å²) < 4.78 is 26.6. The minimum atomic E-state index is -3.46. The van der Waals surface area contributed by atoms with Crippen LogP contribution >= 0.6 is 11.6 Å². The van der Waals surface area contributed by atoms with E-state index in [9.17, 15) is 8.42 Å². The van der Waals surface area contributed by atoms with Crippen LogP contribution in [0.15, 0.2) is 29.2 Å². The van der Waals surface area contributed by atoms with Gasteiger partial charge in [-0.1, -0.05) is 43.4 Å². The second-order valence-electron chi connectivity index (χ2n) is 4.88. The molecule has 6 heteroatoms. The molecule has 0 heterocycles. The van der Waals surface area contributed by atoms with Crippen molar-refractivity contribution >= 4 is 21.6 Å². The van der Waals surface area contributed by atoms with E-state index in [2.05, 4.69) is 10.8 Å². The van der Waals surface area contributed by atoms with Crippen LogP contribution in [-0.4, -0.2) is 15.0 Å². The number of rotatable bonds is 10. The largest absolute Gasteiger partial charge is 0.240 e. The number of hydrogen-bond donors (Lipinski definition) is 1. The zero-order valence-electron chi connectivity index (χ0n) is 12.0. The number of nitrogens with zero attached hydrogens (tertiary/aromatic N) is 1. The van der Waals surface area contributed by atoms with E-state index < -0.39 is 10.0 Å². The van der Waals surface area contributed by atoms with Crippen LogP contribution in [0.4, 0.5) is 0 Å². The molecule has 0 aliphatic rings. The van der Waals surface area contributed by atoms with Gasteiger partial charge in [-0.25, -0.2) is 13.1 Å². The van der Waals surface area contributed by atoms with Gasteiger partial charge in [0.1, 0.15) is 0 Å². The van der Waals surface area contributed by atoms with E-state index in [4.69, 9.17) is 16.9 Å². The average Bonchev–Trinajstić information content (AvgIpc) is 2.45. The predicted molar refractivity (Wildman–Crippen MR) is 84.6 cm³/mol. The second kappa shape index (κ2) is 9.78. The van der Waals surface area contributed by atoms with Crippen molar-refractivity contribution in [3.63, 3.8) is 0 Å². The Balaban J connectivity index is 2.19. The molecule has 0 unspecified atom stereocenters. The van der Waals surface area contributed by atoms with Crippen molar-refractivity contribution in [3.05, 3.63) is 29.3 Å². The fourth-order valence-corrected chi connectivity index (χ4v) is 3.33. The minimum Gasteiger partial charge on any atom is -0.211 e. The molecule has 0 atom stereocenters. The summed E-state index contributed by atoms with van der Waals surface area (Å²) in [6.07, 6.45) is 6.63. The number of hydrogen-bond acceptors (Lipinski definition) is 3. The van der Waals surface area contributed by atoms with Gasteiger partial charge in [0.2, 0.25) is 10.0 Å². The van der Waals surface area contributed by atoms with E-state index in [0.717, 1.165) is 38.5 Å². The van der Waals surface area contributed by atoms with E-state index in [1.165, 1.54) is 12.1 Å². The Morgan fingerprint density at radius 3 is 2.43 bits per heavy atom. The molecule has 0 radical (unpaired) electrons. The lowest BCUT2D eigenvalue weighted by molar-refractivity contribution is 0.566. The summed E-state index contributed by atoms with van der Waals surface area (Å²) in [7, 11) is -3.46. The summed E-state index contributed by atoms with van der Waals surface area (Å²) >= 11 is 5.79. The van der Waals surface area contributed by atoms with Gasteiger partial charge in [0.25, 0.3) is 0 Å². The number of halogens is 1. The van der Waals surface area contributed by atoms with E-state index in [-0.39, 0.29) is 4.90 Å². The van der Waals surface area contributed by atoms with Crippen LogP contribution in [-0.2, 0) is 10.0 Å². The van der Waals surface area contributed by atoms with Gasteiger partial charge in [-0.05, 0) is 31.0 Å². The van der Waals surface area contributed by atoms with Crippen molar-refractivity contribution in [1.29, 1.82) is 5.26 Å². The Hall–Kier alpha value is -1.09. The topological polar surface area (TPSA) is 70.0 Å². The van der Waals surface area contributed by atoms with Gasteiger partial charge in [-0.3, -0.25) is 0 Å². The molecule has 0 amide bonds. The summed E-state index contributed by atoms with van der Waals surface area (Å²) in [4.78, 5) is 0.200. The first-order valence-corrected chi connectivity index (χ1v) is 9.04. The molecular weight excluding hydrogens is 308 g/mol. The van der Waals surface area contributed by atoms with Crippen LogP contribution < -0.4 is 4.72 Å². The van der Waals surface area contributed by atoms with E-state index in [1.807, 2.05) is 0 Å². The molecule has 1 N–H and O–H groups in total. The number of sulfonamides is 1. The van der Waals surface area contributed by atoms with E-state index in [0.29, 0.717) is 18.0 Å². The molecule has 1 rings (SSSR count). The standard InChI is InChI=1S/C15H21ClN2O2S/c16-14-9-8-10-15(13-14)21(19,20)18-12-7-5-3-1-2-4-6-11-17/h8-10,13,18H,1-7,12H2. The lowest BCUT2D eigenvalue weighted by Crippen LogP contribution is -2.24. The lowest BCUT2D eigenvalue weighted by Gasteiger charge is -2.07. The number of benzene rings is 1. The van der Waals surface area contributed by atoms with Crippen LogP contribution in [0.5, 0.6) is 0 Å². The van der Waals surface area contributed by atoms with Crippen molar-refractivity contribution < 1.29 is 8.42 Å². The molecule has 21 heavy (non-hydrogen) atoms. The van der Waals surface area contributed by atoms with Crippen molar-refractivity contribution in [2.24, 2.45) is 0 Å². The molecule has 0 aliphatic heterocycles. The molecule has 0 aliphatic carbocycles. The highest BCUT2D eigenvalue weighted by Crippen LogP contribution is 2.15. The molecule has 0 spiro atoms. The van der Waals surface area contributed by atoms with Gasteiger partial charge in [-0.15, -0.1) is 0 Å². The molecule has 116 valence electrons. The molecule has 0 saturated carbocycles. The molecule has 1 aromatic rings. The first-order valence-electron chi connectivity index (χ1n) is 7.18. The molecule has 0 fully saturated rings. The Morgan fingerprint density at radius 2 is 1.76 bits per heavy atom. The smallest absolute Gasteiger partial charge is 0.211 e. The highest BCUT2D eigenvalue weighted by atomic mass is 35.5. The maximum atomic E-state index is 12.0. The molecule has 0 aromatic heterocycles. The monoisotopic (exact) mass is 328 g/mol. The van der Waals surface area contributed by atoms with Crippen molar-refractivity contribution in [3.8, 4) is 6.07 Å². The van der Waals surface area contributed by atoms with Gasteiger partial charge < -0.3 is 0 Å². The van der Waals surface area contributed by atoms with Crippen molar-refractivity contribution in [2.75, 3.05) is 6.54 Å². The molecular formula is C15H21ClN2O2S. The van der Waals surface area contributed by atoms with Crippen molar-refractivity contribution in [1.82, 2.24) is 4.72 Å². The second-order valence-corrected chi connectivity index (χ2v) is 7.09. The van der Waals surface area contributed by atoms with Gasteiger partial charge in [0.05, 0.1) is 11.0 Å². The third-order valence-corrected chi connectivity index (χ3v) is 4.81. The average molecular weight is 329 g/mol. The molecule has 4 nitrogen and oxygen atoms in total. The third-order valence-electron chi connectivity index (χ3n) is 3.11. The summed E-state index contributed by atoms with van der Waals surface area (Å²) in [6.45, 7) is 0.438. The van der Waals surface area contributed by atoms with E-state index in [1.54, 1.807) is 12.1 Å². The highest BCUT2D eigenvalue weighted by molar-refractivity contribution is 7.89. The predicted octanol–water partition coefficient (Wildman–Crippen LogP) is 3.87. The summed E-state index contributed by atoms with van der Waals surface area (Å²) in [6, 6.07) is 8.37.